The van der Waals surface area contributed by atoms with Crippen molar-refractivity contribution in [3.8, 4) is 0 Å². The van der Waals surface area contributed by atoms with Crippen molar-refractivity contribution in [1.29, 1.82) is 0 Å². The van der Waals surface area contributed by atoms with Gasteiger partial charge in [-0.3, -0.25) is 0 Å². The highest BCUT2D eigenvalue weighted by Gasteiger charge is 2.24. The maximum Gasteiger partial charge on any atom is 0.315 e. The zero-order valence-corrected chi connectivity index (χ0v) is 13.4. The first-order chi connectivity index (χ1) is 9.58. The van der Waals surface area contributed by atoms with Crippen LogP contribution in [0.15, 0.2) is 28.7 Å². The van der Waals surface area contributed by atoms with E-state index in [1.165, 1.54) is 0 Å². The molecule has 0 radical (unpaired) electrons. The van der Waals surface area contributed by atoms with Gasteiger partial charge in [0.25, 0.3) is 0 Å². The SMILES string of the molecule is CC(NC(=O)NC(C)C1CCCO1)c1ccccc1Br. The second-order valence-electron chi connectivity index (χ2n) is 5.20. The molecule has 3 unspecified atom stereocenters. The molecule has 1 aliphatic rings. The molecular formula is C15H21BrN2O2. The van der Waals surface area contributed by atoms with Crippen LogP contribution >= 0.6 is 15.9 Å². The first kappa shape index (κ1) is 15.3. The Morgan fingerprint density at radius 1 is 1.35 bits per heavy atom. The predicted octanol–water partition coefficient (Wildman–Crippen LogP) is 3.38. The second kappa shape index (κ2) is 7.09. The molecule has 0 spiro atoms. The molecule has 2 amide bonds. The predicted molar refractivity (Wildman–Crippen MR) is 82.7 cm³/mol. The summed E-state index contributed by atoms with van der Waals surface area (Å²) in [5, 5.41) is 5.91. The largest absolute Gasteiger partial charge is 0.376 e. The third-order valence-electron chi connectivity index (χ3n) is 3.60. The fraction of sp³-hybridized carbons (Fsp3) is 0.533. The van der Waals surface area contributed by atoms with Crippen molar-refractivity contribution in [2.45, 2.75) is 44.9 Å². The van der Waals surface area contributed by atoms with Crippen molar-refractivity contribution in [3.05, 3.63) is 34.3 Å². The molecule has 20 heavy (non-hydrogen) atoms. The van der Waals surface area contributed by atoms with Crippen LogP contribution in [0.4, 0.5) is 4.79 Å². The van der Waals surface area contributed by atoms with E-state index in [1.54, 1.807) is 0 Å². The summed E-state index contributed by atoms with van der Waals surface area (Å²) in [6.45, 7) is 4.75. The molecule has 0 aromatic heterocycles. The smallest absolute Gasteiger partial charge is 0.315 e. The van der Waals surface area contributed by atoms with Crippen molar-refractivity contribution < 1.29 is 9.53 Å². The zero-order valence-electron chi connectivity index (χ0n) is 11.9. The Kier molecular flexibility index (Phi) is 5.43. The number of nitrogens with one attached hydrogen (secondary N) is 2. The second-order valence-corrected chi connectivity index (χ2v) is 6.06. The molecule has 0 bridgehead atoms. The average Bonchev–Trinajstić information content (AvgIpc) is 2.92. The summed E-state index contributed by atoms with van der Waals surface area (Å²) < 4.78 is 6.57. The van der Waals surface area contributed by atoms with E-state index in [0.29, 0.717) is 0 Å². The van der Waals surface area contributed by atoms with Gasteiger partial charge in [0, 0.05) is 11.1 Å². The van der Waals surface area contributed by atoms with E-state index in [9.17, 15) is 4.79 Å². The Morgan fingerprint density at radius 2 is 2.10 bits per heavy atom. The summed E-state index contributed by atoms with van der Waals surface area (Å²) in [5.74, 6) is 0. The summed E-state index contributed by atoms with van der Waals surface area (Å²) in [5.41, 5.74) is 1.06. The molecule has 0 aliphatic carbocycles. The Morgan fingerprint density at radius 3 is 2.75 bits per heavy atom. The lowest BCUT2D eigenvalue weighted by molar-refractivity contribution is 0.0859. The minimum absolute atomic E-state index is 0.0314. The number of rotatable bonds is 4. The number of carbonyl (C=O) groups is 1. The summed E-state index contributed by atoms with van der Waals surface area (Å²) >= 11 is 3.50. The average molecular weight is 341 g/mol. The van der Waals surface area contributed by atoms with Crippen LogP contribution < -0.4 is 10.6 Å². The summed E-state index contributed by atoms with van der Waals surface area (Å²) in [7, 11) is 0. The monoisotopic (exact) mass is 340 g/mol. The van der Waals surface area contributed by atoms with Crippen LogP contribution in [0, 0.1) is 0 Å². The van der Waals surface area contributed by atoms with Gasteiger partial charge in [0.15, 0.2) is 0 Å². The topological polar surface area (TPSA) is 50.4 Å². The number of urea groups is 1. The molecule has 3 atom stereocenters. The van der Waals surface area contributed by atoms with E-state index in [0.717, 1.165) is 29.5 Å². The van der Waals surface area contributed by atoms with Crippen molar-refractivity contribution >= 4 is 22.0 Å². The molecule has 1 heterocycles. The zero-order chi connectivity index (χ0) is 14.5. The molecule has 0 saturated carbocycles. The molecular weight excluding hydrogens is 320 g/mol. The van der Waals surface area contributed by atoms with Gasteiger partial charge in [0.05, 0.1) is 18.2 Å². The van der Waals surface area contributed by atoms with Gasteiger partial charge in [-0.15, -0.1) is 0 Å². The number of carbonyl (C=O) groups excluding carboxylic acids is 1. The van der Waals surface area contributed by atoms with Gasteiger partial charge in [-0.05, 0) is 38.3 Å². The summed E-state index contributed by atoms with van der Waals surface area (Å²) in [6.07, 6.45) is 2.23. The van der Waals surface area contributed by atoms with Crippen LogP contribution in [-0.4, -0.2) is 24.8 Å². The first-order valence-electron chi connectivity index (χ1n) is 7.01. The molecule has 4 nitrogen and oxygen atoms in total. The maximum atomic E-state index is 12.0. The summed E-state index contributed by atoms with van der Waals surface area (Å²) in [4.78, 5) is 12.0. The lowest BCUT2D eigenvalue weighted by Gasteiger charge is -2.22. The van der Waals surface area contributed by atoms with Crippen LogP contribution in [0.1, 0.15) is 38.3 Å². The van der Waals surface area contributed by atoms with E-state index in [4.69, 9.17) is 4.74 Å². The van der Waals surface area contributed by atoms with Crippen molar-refractivity contribution in [3.63, 3.8) is 0 Å². The van der Waals surface area contributed by atoms with E-state index < -0.39 is 0 Å². The van der Waals surface area contributed by atoms with Gasteiger partial charge in [-0.1, -0.05) is 34.1 Å². The molecule has 2 N–H and O–H groups in total. The number of ether oxygens (including phenoxy) is 1. The van der Waals surface area contributed by atoms with Crippen LogP contribution in [0.2, 0.25) is 0 Å². The van der Waals surface area contributed by atoms with Gasteiger partial charge < -0.3 is 15.4 Å². The normalized spacial score (nSPS) is 21.2. The lowest BCUT2D eigenvalue weighted by Crippen LogP contribution is -2.46. The van der Waals surface area contributed by atoms with Gasteiger partial charge in [0.2, 0.25) is 0 Å². The van der Waals surface area contributed by atoms with Crippen LogP contribution in [0.5, 0.6) is 0 Å². The highest BCUT2D eigenvalue weighted by molar-refractivity contribution is 9.10. The Hall–Kier alpha value is -1.07. The van der Waals surface area contributed by atoms with Gasteiger partial charge >= 0.3 is 6.03 Å². The highest BCUT2D eigenvalue weighted by Crippen LogP contribution is 2.22. The van der Waals surface area contributed by atoms with Crippen LogP contribution in [0.25, 0.3) is 0 Å². The minimum atomic E-state index is -0.156. The fourth-order valence-electron chi connectivity index (χ4n) is 2.44. The molecule has 1 saturated heterocycles. The Balaban J connectivity index is 1.86. The van der Waals surface area contributed by atoms with E-state index in [2.05, 4.69) is 26.6 Å². The standard InChI is InChI=1S/C15H21BrN2O2/c1-10(12-6-3-4-7-13(12)16)17-15(19)18-11(2)14-8-5-9-20-14/h3-4,6-7,10-11,14H,5,8-9H2,1-2H3,(H2,17,18,19). The molecule has 1 aromatic carbocycles. The molecule has 5 heteroatoms. The molecule has 1 aliphatic heterocycles. The lowest BCUT2D eigenvalue weighted by atomic mass is 10.1. The third kappa shape index (κ3) is 3.96. The highest BCUT2D eigenvalue weighted by atomic mass is 79.9. The number of benzene rings is 1. The van der Waals surface area contributed by atoms with Crippen molar-refractivity contribution in [2.24, 2.45) is 0 Å². The minimum Gasteiger partial charge on any atom is -0.376 e. The Bertz CT molecular complexity index is 461. The maximum absolute atomic E-state index is 12.0. The molecule has 1 fully saturated rings. The van der Waals surface area contributed by atoms with Gasteiger partial charge in [-0.2, -0.15) is 0 Å². The first-order valence-corrected chi connectivity index (χ1v) is 7.80. The van der Waals surface area contributed by atoms with Gasteiger partial charge in [-0.25, -0.2) is 4.79 Å². The number of hydrogen-bond acceptors (Lipinski definition) is 2. The van der Waals surface area contributed by atoms with Crippen molar-refractivity contribution in [1.82, 2.24) is 10.6 Å². The Labute approximate surface area is 128 Å². The quantitative estimate of drug-likeness (QED) is 0.882. The summed E-state index contributed by atoms with van der Waals surface area (Å²) in [6, 6.07) is 7.71. The number of amides is 2. The van der Waals surface area contributed by atoms with E-state index in [-0.39, 0.29) is 24.2 Å². The number of halogens is 1. The third-order valence-corrected chi connectivity index (χ3v) is 4.32. The fourth-order valence-corrected chi connectivity index (χ4v) is 3.07. The molecule has 2 rings (SSSR count). The molecule has 1 aromatic rings. The number of hydrogen-bond donors (Lipinski definition) is 2. The van der Waals surface area contributed by atoms with Gasteiger partial charge in [0.1, 0.15) is 0 Å². The van der Waals surface area contributed by atoms with E-state index >= 15 is 0 Å². The van der Waals surface area contributed by atoms with Crippen molar-refractivity contribution in [2.75, 3.05) is 6.61 Å². The van der Waals surface area contributed by atoms with Crippen LogP contribution in [-0.2, 0) is 4.74 Å². The van der Waals surface area contributed by atoms with Crippen LogP contribution in [0.3, 0.4) is 0 Å². The van der Waals surface area contributed by atoms with E-state index in [1.807, 2.05) is 38.1 Å². The molecule has 110 valence electrons.